The van der Waals surface area contributed by atoms with Crippen molar-refractivity contribution in [2.24, 2.45) is 7.05 Å². The molecule has 0 saturated carbocycles. The Kier molecular flexibility index (Phi) is 14.7. The summed E-state index contributed by atoms with van der Waals surface area (Å²) in [5, 5.41) is 3.38. The number of carbonyl (C=O) groups is 1. The number of hydrogen-bond acceptors (Lipinski definition) is 4. The van der Waals surface area contributed by atoms with Gasteiger partial charge in [-0.25, -0.2) is 4.79 Å². The van der Waals surface area contributed by atoms with Gasteiger partial charge in [0.25, 0.3) is 0 Å². The molecule has 0 aliphatic rings. The Hall–Kier alpha value is 0.675. The third kappa shape index (κ3) is 5.53. The fourth-order valence-corrected chi connectivity index (χ4v) is 0.569. The average molecular weight is 627 g/mol. The van der Waals surface area contributed by atoms with E-state index in [1.165, 1.54) is 24.5 Å². The molecule has 1 aromatic rings. The van der Waals surface area contributed by atoms with Crippen LogP contribution in [0.3, 0.4) is 0 Å². The van der Waals surface area contributed by atoms with E-state index >= 15 is 0 Å². The molecule has 0 aliphatic carbocycles. The van der Waals surface area contributed by atoms with Crippen LogP contribution in [0.15, 0.2) is 9.32 Å². The van der Waals surface area contributed by atoms with Gasteiger partial charge in [-0.2, -0.15) is 0 Å². The summed E-state index contributed by atoms with van der Waals surface area (Å²) >= 11 is 0. The van der Waals surface area contributed by atoms with Crippen LogP contribution in [0, 0.1) is 44.0 Å². The number of hydrogen-bond donors (Lipinski definition) is 0. The molecule has 0 amide bonds. The van der Waals surface area contributed by atoms with Gasteiger partial charge in [0.15, 0.2) is 0 Å². The summed E-state index contributed by atoms with van der Waals surface area (Å²) in [6, 6.07) is 0. The van der Waals surface area contributed by atoms with E-state index in [4.69, 9.17) is 0 Å². The van der Waals surface area contributed by atoms with Crippen LogP contribution in [0.4, 0.5) is 0 Å². The SMILES string of the molecule is Cn1c([CH-][CH-]C=O)noc1=O.[U].[V].[W]. The molecule has 14 heavy (non-hydrogen) atoms. The largest absolute Gasteiger partial charge is 0.471 e. The van der Waals surface area contributed by atoms with Gasteiger partial charge >= 0.3 is 5.76 Å². The van der Waals surface area contributed by atoms with Crippen molar-refractivity contribution in [2.75, 3.05) is 0 Å². The van der Waals surface area contributed by atoms with Gasteiger partial charge in [0.2, 0.25) is 0 Å². The molecular formula is C6H6N2O3UVW-2. The molecule has 0 unspecified atom stereocenters. The van der Waals surface area contributed by atoms with Crippen molar-refractivity contribution in [1.29, 1.82) is 0 Å². The zero-order chi connectivity index (χ0) is 8.27. The van der Waals surface area contributed by atoms with Crippen molar-refractivity contribution in [2.45, 2.75) is 0 Å². The van der Waals surface area contributed by atoms with Crippen LogP contribution in [0.25, 0.3) is 0 Å². The monoisotopic (exact) mass is 627 g/mol. The number of nitrogens with zero attached hydrogens (tertiary/aromatic N) is 2. The molecule has 0 fully saturated rings. The van der Waals surface area contributed by atoms with Crippen molar-refractivity contribution < 1.29 is 80.1 Å². The standard InChI is InChI=1S/C6H6N2O3.U.V.W/c1-8-5(3-2-4-9)7-11-6(8)10;;;/h2-4H,1H3;;;/q-2;;;. The Morgan fingerprint density at radius 3 is 2.50 bits per heavy atom. The number of aldehydes is 1. The van der Waals surface area contributed by atoms with Crippen LogP contribution in [0.5, 0.6) is 0 Å². The van der Waals surface area contributed by atoms with Gasteiger partial charge in [0, 0.05) is 77.8 Å². The minimum atomic E-state index is -0.546. The van der Waals surface area contributed by atoms with Gasteiger partial charge in [0.1, 0.15) is 0 Å². The zero-order valence-electron chi connectivity index (χ0n) is 7.21. The van der Waals surface area contributed by atoms with Crippen molar-refractivity contribution in [1.82, 2.24) is 9.72 Å². The summed E-state index contributed by atoms with van der Waals surface area (Å²) in [6.07, 6.45) is 3.22. The molecule has 0 spiro atoms. The van der Waals surface area contributed by atoms with Crippen LogP contribution in [-0.2, 0) is 51.5 Å². The maximum Gasteiger partial charge on any atom is 0.439 e. The molecule has 0 N–H and O–H groups in total. The number of rotatable bonds is 3. The van der Waals surface area contributed by atoms with E-state index in [9.17, 15) is 9.59 Å². The van der Waals surface area contributed by atoms with Gasteiger partial charge in [0.05, 0.1) is 0 Å². The van der Waals surface area contributed by atoms with Crippen LogP contribution in [0.1, 0.15) is 5.82 Å². The molecule has 0 atom stereocenters. The molecule has 0 aliphatic heterocycles. The molecule has 5 nitrogen and oxygen atoms in total. The maximum absolute atomic E-state index is 10.6. The van der Waals surface area contributed by atoms with Crippen molar-refractivity contribution >= 4 is 6.29 Å². The van der Waals surface area contributed by atoms with Crippen LogP contribution < -0.4 is 5.76 Å². The Balaban J connectivity index is -0.000000403. The Morgan fingerprint density at radius 2 is 2.14 bits per heavy atom. The topological polar surface area (TPSA) is 65.1 Å². The first-order chi connectivity index (χ1) is 5.25. The molecule has 0 bridgehead atoms. The quantitative estimate of drug-likeness (QED) is 0.330. The normalized spacial score (nSPS) is 7.21. The fourth-order valence-electron chi connectivity index (χ4n) is 0.569. The van der Waals surface area contributed by atoms with E-state index in [0.29, 0.717) is 12.1 Å². The maximum atomic E-state index is 10.6. The van der Waals surface area contributed by atoms with Crippen LogP contribution in [-0.4, -0.2) is 16.0 Å². The second-order valence-corrected chi connectivity index (χ2v) is 1.86. The predicted molar refractivity (Wildman–Crippen MR) is 35.5 cm³/mol. The molecule has 1 radical (unpaired) electrons. The first kappa shape index (κ1) is 20.1. The molecular weight excluding hydrogens is 621 g/mol. The second-order valence-electron chi connectivity index (χ2n) is 1.86. The number of aromatic nitrogens is 2. The Labute approximate surface area is 131 Å². The minimum absolute atomic E-state index is 0. The Morgan fingerprint density at radius 1 is 1.57 bits per heavy atom. The van der Waals surface area contributed by atoms with E-state index in [1.54, 1.807) is 0 Å². The molecule has 0 saturated heterocycles. The van der Waals surface area contributed by atoms with Gasteiger partial charge in [-0.1, -0.05) is 5.16 Å². The smallest absolute Gasteiger partial charge is 0.439 e. The first-order valence-corrected chi connectivity index (χ1v) is 2.90. The Bertz CT molecular complexity index is 314. The summed E-state index contributed by atoms with van der Waals surface area (Å²) in [5.74, 6) is -0.224. The van der Waals surface area contributed by atoms with Crippen LogP contribution >= 0.6 is 0 Å². The fraction of sp³-hybridized carbons (Fsp3) is 0.167. The van der Waals surface area contributed by atoms with Crippen molar-refractivity contribution in [3.05, 3.63) is 29.2 Å². The summed E-state index contributed by atoms with van der Waals surface area (Å²) in [4.78, 5) is 20.5. The third-order valence-corrected chi connectivity index (χ3v) is 1.16. The summed E-state index contributed by atoms with van der Waals surface area (Å²) in [6.45, 7) is 0. The van der Waals surface area contributed by atoms with Gasteiger partial charge in [-0.3, -0.25) is 9.09 Å². The second kappa shape index (κ2) is 10.2. The molecule has 8 heteroatoms. The molecule has 1 rings (SSSR count). The molecule has 1 aromatic heterocycles. The third-order valence-electron chi connectivity index (χ3n) is 1.16. The average Bonchev–Trinajstić information content (AvgIpc) is 2.31. The van der Waals surface area contributed by atoms with Crippen LogP contribution in [0.2, 0.25) is 0 Å². The van der Waals surface area contributed by atoms with Gasteiger partial charge in [-0.15, -0.1) is 0 Å². The zero-order valence-corrected chi connectivity index (χ0v) is 15.7. The first-order valence-electron chi connectivity index (χ1n) is 2.90. The van der Waals surface area contributed by atoms with Gasteiger partial charge in [-0.05, 0) is 12.1 Å². The molecule has 75 valence electrons. The van der Waals surface area contributed by atoms with Crippen molar-refractivity contribution in [3.63, 3.8) is 0 Å². The summed E-state index contributed by atoms with van der Waals surface area (Å²) < 4.78 is 5.48. The van der Waals surface area contributed by atoms with Gasteiger partial charge < -0.3 is 17.6 Å². The number of carbonyl (C=O) groups excluding carboxylic acids is 1. The summed E-state index contributed by atoms with van der Waals surface area (Å²) in [7, 11) is 1.50. The van der Waals surface area contributed by atoms with E-state index in [0.717, 1.165) is 0 Å². The van der Waals surface area contributed by atoms with E-state index in [-0.39, 0.29) is 70.7 Å². The predicted octanol–water partition coefficient (Wildman–Crippen LogP) is -0.676. The molecule has 1 heterocycles. The van der Waals surface area contributed by atoms with E-state index < -0.39 is 5.76 Å². The minimum Gasteiger partial charge on any atom is -0.471 e. The van der Waals surface area contributed by atoms with Crippen molar-refractivity contribution in [3.8, 4) is 0 Å². The van der Waals surface area contributed by atoms with E-state index in [2.05, 4.69) is 9.68 Å². The summed E-state index contributed by atoms with van der Waals surface area (Å²) in [5.41, 5.74) is 0. The van der Waals surface area contributed by atoms with E-state index in [1.807, 2.05) is 0 Å². The molecule has 0 aromatic carbocycles.